The standard InChI is InChI=1S/C15H19NO4/c1-19-12-6-5-11(8-13(12)20-2)15(18)10-4-3-7-16-14(17)9-10/h5-6,8,10H,3-4,7,9H2,1-2H3,(H,16,17). The molecule has 2 rings (SSSR count). The molecule has 0 radical (unpaired) electrons. The predicted molar refractivity (Wildman–Crippen MR) is 74.2 cm³/mol. The van der Waals surface area contributed by atoms with Crippen LogP contribution in [0.5, 0.6) is 11.5 Å². The zero-order valence-corrected chi connectivity index (χ0v) is 11.8. The van der Waals surface area contributed by atoms with E-state index in [1.807, 2.05) is 0 Å². The Balaban J connectivity index is 2.21. The molecular weight excluding hydrogens is 258 g/mol. The number of nitrogens with one attached hydrogen (secondary N) is 1. The lowest BCUT2D eigenvalue weighted by Gasteiger charge is -2.13. The summed E-state index contributed by atoms with van der Waals surface area (Å²) in [5, 5.41) is 2.79. The van der Waals surface area contributed by atoms with E-state index in [1.165, 1.54) is 7.11 Å². The second kappa shape index (κ2) is 6.41. The molecule has 1 N–H and O–H groups in total. The van der Waals surface area contributed by atoms with Crippen molar-refractivity contribution in [3.63, 3.8) is 0 Å². The number of methoxy groups -OCH3 is 2. The molecule has 1 amide bonds. The molecule has 0 aromatic heterocycles. The zero-order valence-electron chi connectivity index (χ0n) is 11.8. The molecule has 5 nitrogen and oxygen atoms in total. The van der Waals surface area contributed by atoms with Crippen molar-refractivity contribution < 1.29 is 19.1 Å². The monoisotopic (exact) mass is 277 g/mol. The Kier molecular flexibility index (Phi) is 4.61. The van der Waals surface area contributed by atoms with Gasteiger partial charge in [0.05, 0.1) is 14.2 Å². The van der Waals surface area contributed by atoms with E-state index in [-0.39, 0.29) is 24.0 Å². The molecule has 1 unspecified atom stereocenters. The molecule has 108 valence electrons. The van der Waals surface area contributed by atoms with Gasteiger partial charge in [0, 0.05) is 24.4 Å². The highest BCUT2D eigenvalue weighted by Crippen LogP contribution is 2.29. The summed E-state index contributed by atoms with van der Waals surface area (Å²) >= 11 is 0. The number of carbonyl (C=O) groups excluding carboxylic acids is 2. The summed E-state index contributed by atoms with van der Waals surface area (Å²) < 4.78 is 10.4. The summed E-state index contributed by atoms with van der Waals surface area (Å²) in [7, 11) is 3.08. The second-order valence-electron chi connectivity index (χ2n) is 4.83. The first-order chi connectivity index (χ1) is 9.65. The number of rotatable bonds is 4. The SMILES string of the molecule is COc1ccc(C(=O)C2CCCNC(=O)C2)cc1OC. The van der Waals surface area contributed by atoms with Crippen LogP contribution < -0.4 is 14.8 Å². The molecule has 1 aromatic carbocycles. The largest absolute Gasteiger partial charge is 0.493 e. The van der Waals surface area contributed by atoms with Crippen LogP contribution in [0.15, 0.2) is 18.2 Å². The molecule has 1 aliphatic heterocycles. The van der Waals surface area contributed by atoms with Crippen LogP contribution in [0.4, 0.5) is 0 Å². The minimum absolute atomic E-state index is 0.0111. The van der Waals surface area contributed by atoms with E-state index in [0.29, 0.717) is 23.6 Å². The number of carbonyl (C=O) groups is 2. The topological polar surface area (TPSA) is 64.6 Å². The molecule has 0 aliphatic carbocycles. The van der Waals surface area contributed by atoms with Crippen LogP contribution in [0, 0.1) is 5.92 Å². The van der Waals surface area contributed by atoms with Gasteiger partial charge in [-0.1, -0.05) is 0 Å². The Morgan fingerprint density at radius 2 is 2.00 bits per heavy atom. The lowest BCUT2D eigenvalue weighted by Crippen LogP contribution is -2.24. The van der Waals surface area contributed by atoms with Gasteiger partial charge in [0.2, 0.25) is 5.91 Å². The van der Waals surface area contributed by atoms with Crippen molar-refractivity contribution in [2.24, 2.45) is 5.92 Å². The molecule has 0 spiro atoms. The van der Waals surface area contributed by atoms with Crippen LogP contribution in [0.3, 0.4) is 0 Å². The normalized spacial score (nSPS) is 18.9. The Bertz CT molecular complexity index is 513. The maximum atomic E-state index is 12.5. The Morgan fingerprint density at radius 1 is 1.25 bits per heavy atom. The van der Waals surface area contributed by atoms with E-state index in [2.05, 4.69) is 5.32 Å². The summed E-state index contributed by atoms with van der Waals surface area (Å²) in [6.45, 7) is 0.647. The van der Waals surface area contributed by atoms with E-state index in [4.69, 9.17) is 9.47 Å². The van der Waals surface area contributed by atoms with Crippen molar-refractivity contribution in [2.45, 2.75) is 19.3 Å². The molecule has 1 aromatic rings. The maximum Gasteiger partial charge on any atom is 0.220 e. The fraction of sp³-hybridized carbons (Fsp3) is 0.467. The van der Waals surface area contributed by atoms with Crippen LogP contribution in [0.25, 0.3) is 0 Å². The van der Waals surface area contributed by atoms with E-state index in [0.717, 1.165) is 12.8 Å². The van der Waals surface area contributed by atoms with E-state index in [1.54, 1.807) is 25.3 Å². The fourth-order valence-electron chi connectivity index (χ4n) is 2.42. The van der Waals surface area contributed by atoms with E-state index in [9.17, 15) is 9.59 Å². The van der Waals surface area contributed by atoms with Crippen molar-refractivity contribution >= 4 is 11.7 Å². The average Bonchev–Trinajstić information content (AvgIpc) is 2.70. The summed E-state index contributed by atoms with van der Waals surface area (Å²) in [4.78, 5) is 24.0. The van der Waals surface area contributed by atoms with Crippen molar-refractivity contribution in [3.05, 3.63) is 23.8 Å². The molecule has 1 fully saturated rings. The van der Waals surface area contributed by atoms with Gasteiger partial charge in [0.25, 0.3) is 0 Å². The van der Waals surface area contributed by atoms with Crippen LogP contribution in [-0.4, -0.2) is 32.5 Å². The minimum Gasteiger partial charge on any atom is -0.493 e. The summed E-state index contributed by atoms with van der Waals surface area (Å²) in [5.41, 5.74) is 0.558. The molecular formula is C15H19NO4. The Labute approximate surface area is 118 Å². The van der Waals surface area contributed by atoms with Crippen LogP contribution in [-0.2, 0) is 4.79 Å². The van der Waals surface area contributed by atoms with Gasteiger partial charge in [-0.3, -0.25) is 9.59 Å². The molecule has 5 heteroatoms. The highest BCUT2D eigenvalue weighted by molar-refractivity contribution is 6.00. The molecule has 1 aliphatic rings. The first-order valence-electron chi connectivity index (χ1n) is 6.68. The Hall–Kier alpha value is -2.04. The van der Waals surface area contributed by atoms with Crippen molar-refractivity contribution in [1.29, 1.82) is 0 Å². The number of Topliss-reactive ketones (excluding diaryl/α,β-unsaturated/α-hetero) is 1. The van der Waals surface area contributed by atoms with Crippen molar-refractivity contribution in [3.8, 4) is 11.5 Å². The first-order valence-corrected chi connectivity index (χ1v) is 6.68. The molecule has 20 heavy (non-hydrogen) atoms. The van der Waals surface area contributed by atoms with Crippen LogP contribution in [0.2, 0.25) is 0 Å². The third-order valence-corrected chi connectivity index (χ3v) is 3.52. The summed E-state index contributed by atoms with van der Waals surface area (Å²) in [6.07, 6.45) is 1.81. The van der Waals surface area contributed by atoms with Gasteiger partial charge in [0.1, 0.15) is 0 Å². The summed E-state index contributed by atoms with van der Waals surface area (Å²) in [6, 6.07) is 5.10. The van der Waals surface area contributed by atoms with E-state index < -0.39 is 0 Å². The van der Waals surface area contributed by atoms with Crippen LogP contribution >= 0.6 is 0 Å². The lowest BCUT2D eigenvalue weighted by molar-refractivity contribution is -0.121. The van der Waals surface area contributed by atoms with Gasteiger partial charge in [-0.15, -0.1) is 0 Å². The number of hydrogen-bond acceptors (Lipinski definition) is 4. The number of ether oxygens (including phenoxy) is 2. The highest BCUT2D eigenvalue weighted by atomic mass is 16.5. The minimum atomic E-state index is -0.254. The maximum absolute atomic E-state index is 12.5. The number of ketones is 1. The van der Waals surface area contributed by atoms with Gasteiger partial charge >= 0.3 is 0 Å². The highest BCUT2D eigenvalue weighted by Gasteiger charge is 2.25. The van der Waals surface area contributed by atoms with Gasteiger partial charge in [-0.2, -0.15) is 0 Å². The zero-order chi connectivity index (χ0) is 14.5. The van der Waals surface area contributed by atoms with Gasteiger partial charge in [-0.25, -0.2) is 0 Å². The number of hydrogen-bond donors (Lipinski definition) is 1. The van der Waals surface area contributed by atoms with E-state index >= 15 is 0 Å². The van der Waals surface area contributed by atoms with Crippen molar-refractivity contribution in [1.82, 2.24) is 5.32 Å². The second-order valence-corrected chi connectivity index (χ2v) is 4.83. The van der Waals surface area contributed by atoms with Gasteiger partial charge in [0.15, 0.2) is 17.3 Å². The average molecular weight is 277 g/mol. The molecule has 1 heterocycles. The third kappa shape index (κ3) is 3.10. The molecule has 0 bridgehead atoms. The quantitative estimate of drug-likeness (QED) is 0.852. The summed E-state index contributed by atoms with van der Waals surface area (Å²) in [5.74, 6) is 0.791. The number of benzene rings is 1. The van der Waals surface area contributed by atoms with Gasteiger partial charge < -0.3 is 14.8 Å². The number of amides is 1. The Morgan fingerprint density at radius 3 is 2.70 bits per heavy atom. The smallest absolute Gasteiger partial charge is 0.220 e. The predicted octanol–water partition coefficient (Wildman–Crippen LogP) is 1.80. The molecule has 1 atom stereocenters. The third-order valence-electron chi connectivity index (χ3n) is 3.52. The molecule has 1 saturated heterocycles. The van der Waals surface area contributed by atoms with Crippen LogP contribution in [0.1, 0.15) is 29.6 Å². The first kappa shape index (κ1) is 14.4. The lowest BCUT2D eigenvalue weighted by atomic mass is 9.91. The molecule has 0 saturated carbocycles. The fourth-order valence-corrected chi connectivity index (χ4v) is 2.42. The van der Waals surface area contributed by atoms with Crippen molar-refractivity contribution in [2.75, 3.05) is 20.8 Å². The van der Waals surface area contributed by atoms with Gasteiger partial charge in [-0.05, 0) is 31.0 Å².